The van der Waals surface area contributed by atoms with Crippen molar-refractivity contribution < 1.29 is 24.1 Å². The van der Waals surface area contributed by atoms with Gasteiger partial charge < -0.3 is 19.3 Å². The van der Waals surface area contributed by atoms with Crippen molar-refractivity contribution in [2.45, 2.75) is 110 Å². The van der Waals surface area contributed by atoms with Gasteiger partial charge >= 0.3 is 5.97 Å². The Balaban J connectivity index is 1.58. The maximum absolute atomic E-state index is 11.6. The van der Waals surface area contributed by atoms with E-state index in [4.69, 9.17) is 14.2 Å². The molecule has 0 bridgehead atoms. The van der Waals surface area contributed by atoms with Crippen LogP contribution in [0.15, 0.2) is 47.6 Å². The van der Waals surface area contributed by atoms with Crippen LogP contribution in [-0.4, -0.2) is 42.8 Å². The van der Waals surface area contributed by atoms with E-state index in [2.05, 4.69) is 51.2 Å². The van der Waals surface area contributed by atoms with Crippen molar-refractivity contribution in [2.75, 3.05) is 13.2 Å². The lowest BCUT2D eigenvalue weighted by atomic mass is 9.88. The zero-order chi connectivity index (χ0) is 26.6. The fraction of sp³-hybridized carbons (Fsp3) is 0.719. The van der Waals surface area contributed by atoms with Crippen LogP contribution in [0.2, 0.25) is 0 Å². The van der Waals surface area contributed by atoms with Crippen LogP contribution < -0.4 is 0 Å². The summed E-state index contributed by atoms with van der Waals surface area (Å²) in [5.41, 5.74) is 2.70. The summed E-state index contributed by atoms with van der Waals surface area (Å²) in [6.45, 7) is 9.56. The Morgan fingerprint density at radius 1 is 1.27 bits per heavy atom. The number of hydrogen-bond acceptors (Lipinski definition) is 5. The molecule has 5 heteroatoms. The number of rotatable bonds is 14. The molecule has 5 nitrogen and oxygen atoms in total. The van der Waals surface area contributed by atoms with Gasteiger partial charge in [-0.2, -0.15) is 0 Å². The Hall–Kier alpha value is -1.69. The monoisotopic (exact) mass is 514 g/mol. The summed E-state index contributed by atoms with van der Waals surface area (Å²) < 4.78 is 17.4. The third-order valence-corrected chi connectivity index (χ3v) is 7.91. The lowest BCUT2D eigenvalue weighted by Gasteiger charge is -2.29. The third-order valence-electron chi connectivity index (χ3n) is 7.91. The van der Waals surface area contributed by atoms with Crippen molar-refractivity contribution in [3.63, 3.8) is 0 Å². The van der Waals surface area contributed by atoms with Gasteiger partial charge in [0.1, 0.15) is 0 Å². The maximum Gasteiger partial charge on any atom is 0.306 e. The van der Waals surface area contributed by atoms with Gasteiger partial charge in [-0.25, -0.2) is 0 Å². The van der Waals surface area contributed by atoms with E-state index in [0.29, 0.717) is 37.2 Å². The topological polar surface area (TPSA) is 65.0 Å². The van der Waals surface area contributed by atoms with Crippen molar-refractivity contribution in [3.8, 4) is 0 Å². The second-order valence-electron chi connectivity index (χ2n) is 11.5. The molecular weight excluding hydrogens is 464 g/mol. The zero-order valence-corrected chi connectivity index (χ0v) is 23.6. The molecule has 0 aromatic carbocycles. The molecule has 0 aromatic rings. The standard InChI is InChI=1S/C32H50O5/c1-5-35-31(34)14-7-6-13-25-20-26-22-30(37-32-15-8-9-18-36-32)28(29(26)21-25)17-16-27(33)19-24(4)12-10-11-23(2)3/h6,11,13,16-17,20,24,26-30,32-33H,5,7-10,12,14-15,18-19,21-22H2,1-4H3/b13-6?,17-16-/t24-,26+,27?,28+,29+,30-,32?/m1/s1. The highest BCUT2D eigenvalue weighted by atomic mass is 16.7. The minimum Gasteiger partial charge on any atom is -0.466 e. The normalized spacial score (nSPS) is 29.3. The molecule has 0 amide bonds. The molecule has 1 aliphatic heterocycles. The van der Waals surface area contributed by atoms with Crippen molar-refractivity contribution in [1.82, 2.24) is 0 Å². The molecule has 1 heterocycles. The summed E-state index contributed by atoms with van der Waals surface area (Å²) in [5.74, 6) is 1.58. The highest BCUT2D eigenvalue weighted by molar-refractivity contribution is 5.69. The van der Waals surface area contributed by atoms with Gasteiger partial charge in [-0.1, -0.05) is 54.5 Å². The number of carbonyl (C=O) groups is 1. The van der Waals surface area contributed by atoms with Crippen LogP contribution in [0.1, 0.15) is 91.9 Å². The van der Waals surface area contributed by atoms with E-state index in [1.165, 1.54) is 11.1 Å². The van der Waals surface area contributed by atoms with Gasteiger partial charge in [0.15, 0.2) is 6.29 Å². The summed E-state index contributed by atoms with van der Waals surface area (Å²) in [4.78, 5) is 11.6. The summed E-state index contributed by atoms with van der Waals surface area (Å²) in [5, 5.41) is 10.8. The van der Waals surface area contributed by atoms with Crippen LogP contribution in [0, 0.1) is 23.7 Å². The van der Waals surface area contributed by atoms with E-state index < -0.39 is 6.10 Å². The van der Waals surface area contributed by atoms with E-state index >= 15 is 0 Å². The van der Waals surface area contributed by atoms with Crippen molar-refractivity contribution in [3.05, 3.63) is 47.6 Å². The van der Waals surface area contributed by atoms with Crippen LogP contribution in [-0.2, 0) is 19.0 Å². The average molecular weight is 515 g/mol. The minimum absolute atomic E-state index is 0.0975. The van der Waals surface area contributed by atoms with Gasteiger partial charge in [0.05, 0.1) is 18.8 Å². The first-order valence-electron chi connectivity index (χ1n) is 14.6. The molecule has 0 spiro atoms. The van der Waals surface area contributed by atoms with Crippen molar-refractivity contribution in [1.29, 1.82) is 0 Å². The van der Waals surface area contributed by atoms with Gasteiger partial charge in [-0.3, -0.25) is 4.79 Å². The quantitative estimate of drug-likeness (QED) is 0.198. The number of esters is 1. The summed E-state index contributed by atoms with van der Waals surface area (Å²) >= 11 is 0. The first-order valence-corrected chi connectivity index (χ1v) is 14.6. The maximum atomic E-state index is 11.6. The molecule has 7 atom stereocenters. The van der Waals surface area contributed by atoms with Crippen molar-refractivity contribution >= 4 is 5.97 Å². The molecule has 2 unspecified atom stereocenters. The zero-order valence-electron chi connectivity index (χ0n) is 23.6. The Kier molecular flexibility index (Phi) is 12.6. The molecular formula is C32H50O5. The smallest absolute Gasteiger partial charge is 0.306 e. The summed E-state index contributed by atoms with van der Waals surface area (Å²) in [6.07, 6.45) is 22.2. The first-order chi connectivity index (χ1) is 17.9. The van der Waals surface area contributed by atoms with Gasteiger partial charge in [0.2, 0.25) is 0 Å². The van der Waals surface area contributed by atoms with Crippen LogP contribution in [0.25, 0.3) is 0 Å². The molecule has 2 fully saturated rings. The predicted molar refractivity (Wildman–Crippen MR) is 149 cm³/mol. The van der Waals surface area contributed by atoms with E-state index in [0.717, 1.165) is 58.0 Å². The Morgan fingerprint density at radius 3 is 2.84 bits per heavy atom. The number of hydrogen-bond donors (Lipinski definition) is 1. The molecule has 0 radical (unpaired) electrons. The lowest BCUT2D eigenvalue weighted by Crippen LogP contribution is -2.30. The average Bonchev–Trinajstić information content (AvgIpc) is 3.38. The fourth-order valence-electron chi connectivity index (χ4n) is 6.00. The summed E-state index contributed by atoms with van der Waals surface area (Å²) in [7, 11) is 0. The fourth-order valence-corrected chi connectivity index (χ4v) is 6.00. The Labute approximate surface area is 225 Å². The number of aliphatic hydroxyl groups excluding tert-OH is 1. The van der Waals surface area contributed by atoms with Gasteiger partial charge in [0, 0.05) is 18.9 Å². The number of ether oxygens (including phenoxy) is 3. The number of aliphatic hydroxyl groups is 1. The van der Waals surface area contributed by atoms with Crippen LogP contribution in [0.3, 0.4) is 0 Å². The summed E-state index contributed by atoms with van der Waals surface area (Å²) in [6, 6.07) is 0. The van der Waals surface area contributed by atoms with Crippen LogP contribution in [0.5, 0.6) is 0 Å². The molecule has 3 aliphatic rings. The SMILES string of the molecule is CCOC(=O)CCC=CC1=C[C@H]2C[C@@H](OC3CCCCO3)[C@@H](/C=C\C(O)C[C@H](C)CCC=C(C)C)[C@H]2C1. The number of carbonyl (C=O) groups excluding carboxylic acids is 1. The highest BCUT2D eigenvalue weighted by Crippen LogP contribution is 2.49. The van der Waals surface area contributed by atoms with E-state index in [1.807, 2.05) is 13.0 Å². The molecule has 0 aromatic heterocycles. The van der Waals surface area contributed by atoms with Gasteiger partial charge in [-0.05, 0) is 96.3 Å². The third kappa shape index (κ3) is 10.2. The Morgan fingerprint density at radius 2 is 2.11 bits per heavy atom. The van der Waals surface area contributed by atoms with E-state index in [-0.39, 0.29) is 24.3 Å². The molecule has 3 rings (SSSR count). The molecule has 37 heavy (non-hydrogen) atoms. The largest absolute Gasteiger partial charge is 0.466 e. The highest BCUT2D eigenvalue weighted by Gasteiger charge is 2.45. The van der Waals surface area contributed by atoms with Crippen molar-refractivity contribution in [2.24, 2.45) is 23.7 Å². The molecule has 1 saturated carbocycles. The number of allylic oxidation sites excluding steroid dienone is 6. The van der Waals surface area contributed by atoms with Crippen LogP contribution >= 0.6 is 0 Å². The molecule has 208 valence electrons. The molecule has 1 N–H and O–H groups in total. The second kappa shape index (κ2) is 15.7. The second-order valence-corrected chi connectivity index (χ2v) is 11.5. The Bertz CT molecular complexity index is 815. The minimum atomic E-state index is -0.427. The van der Waals surface area contributed by atoms with Gasteiger partial charge in [0.25, 0.3) is 0 Å². The first kappa shape index (κ1) is 29.9. The van der Waals surface area contributed by atoms with E-state index in [9.17, 15) is 9.90 Å². The van der Waals surface area contributed by atoms with Crippen LogP contribution in [0.4, 0.5) is 0 Å². The van der Waals surface area contributed by atoms with E-state index in [1.54, 1.807) is 0 Å². The molecule has 1 saturated heterocycles. The molecule has 2 aliphatic carbocycles. The lowest BCUT2D eigenvalue weighted by molar-refractivity contribution is -0.192. The van der Waals surface area contributed by atoms with Gasteiger partial charge in [-0.15, -0.1) is 0 Å². The number of fused-ring (bicyclic) bond motifs is 1. The predicted octanol–water partition coefficient (Wildman–Crippen LogP) is 7.07.